The summed E-state index contributed by atoms with van der Waals surface area (Å²) in [5, 5.41) is 3.90. The zero-order valence-corrected chi connectivity index (χ0v) is 14.1. The summed E-state index contributed by atoms with van der Waals surface area (Å²) in [7, 11) is 1.69. The molecule has 1 aromatic carbocycles. The maximum absolute atomic E-state index is 14.8. The van der Waals surface area contributed by atoms with Gasteiger partial charge in [0, 0.05) is 7.05 Å². The molecule has 124 valence electrons. The Bertz CT molecular complexity index is 847. The van der Waals surface area contributed by atoms with Crippen molar-refractivity contribution in [2.75, 3.05) is 20.1 Å². The van der Waals surface area contributed by atoms with E-state index in [1.54, 1.807) is 13.1 Å². The van der Waals surface area contributed by atoms with Crippen LogP contribution >= 0.6 is 11.3 Å². The molecule has 0 spiro atoms. The number of hydrogen-bond acceptors (Lipinski definition) is 5. The smallest absolute Gasteiger partial charge is 0.596 e. The molecule has 2 aliphatic rings. The average molecular weight is 347 g/mol. The van der Waals surface area contributed by atoms with Crippen molar-refractivity contribution in [1.82, 2.24) is 0 Å². The number of nitrogens with zero attached hydrogens (tertiary/aromatic N) is 1. The lowest BCUT2D eigenvalue weighted by molar-refractivity contribution is -0.791. The van der Waals surface area contributed by atoms with Gasteiger partial charge in [0.25, 0.3) is 0 Å². The number of carbonyl (C=O) groups is 2. The van der Waals surface area contributed by atoms with Gasteiger partial charge in [-0.15, -0.1) is 0 Å². The standard InChI is InChI=1S/C16H15BFNO4S/c1-10-5-14(18)13(6-12(10)11-3-4-24-9-11)17-19(2,7-15(20)22-17)8-16(21)23-17/h3-6,9H,7-8H2,1-2H3. The van der Waals surface area contributed by atoms with Gasteiger partial charge in [0.05, 0.1) is 0 Å². The molecular weight excluding hydrogens is 332 g/mol. The Morgan fingerprint density at radius 1 is 1.21 bits per heavy atom. The van der Waals surface area contributed by atoms with E-state index in [-0.39, 0.29) is 22.9 Å². The molecule has 0 amide bonds. The number of quaternary nitrogens is 1. The first-order chi connectivity index (χ1) is 11.3. The SMILES string of the molecule is Cc1cc(F)c([B-]23OC(=O)C[N+]2(C)CC(=O)O3)cc1-c1ccsc1. The fraction of sp³-hybridized carbons (Fsp3) is 0.250. The van der Waals surface area contributed by atoms with Crippen molar-refractivity contribution < 1.29 is 27.7 Å². The van der Waals surface area contributed by atoms with Crippen LogP contribution in [0.4, 0.5) is 4.39 Å². The van der Waals surface area contributed by atoms with Crippen molar-refractivity contribution in [3.05, 3.63) is 40.3 Å². The zero-order chi connectivity index (χ0) is 17.1. The number of thiophene rings is 1. The Labute approximate surface area is 142 Å². The molecule has 0 aliphatic carbocycles. The molecule has 3 heterocycles. The summed E-state index contributed by atoms with van der Waals surface area (Å²) in [6, 6.07) is 5.00. The van der Waals surface area contributed by atoms with Crippen molar-refractivity contribution in [3.63, 3.8) is 0 Å². The van der Waals surface area contributed by atoms with Gasteiger partial charge in [0.15, 0.2) is 0 Å². The van der Waals surface area contributed by atoms with E-state index in [0.717, 1.165) is 16.7 Å². The summed E-state index contributed by atoms with van der Waals surface area (Å²) >= 11 is 1.54. The van der Waals surface area contributed by atoms with Gasteiger partial charge in [-0.25, -0.2) is 4.39 Å². The normalized spacial score (nSPS) is 28.6. The Kier molecular flexibility index (Phi) is 3.14. The van der Waals surface area contributed by atoms with E-state index in [1.807, 2.05) is 23.8 Å². The minimum atomic E-state index is -2.56. The topological polar surface area (TPSA) is 52.6 Å². The first-order valence-electron chi connectivity index (χ1n) is 7.60. The number of rotatable bonds is 2. The minimum Gasteiger partial charge on any atom is -0.596 e. The van der Waals surface area contributed by atoms with Crippen molar-refractivity contribution in [3.8, 4) is 11.1 Å². The number of carbonyl (C=O) groups excluding carboxylic acids is 2. The highest BCUT2D eigenvalue weighted by Gasteiger charge is 2.67. The number of fused-ring (bicyclic) bond motifs is 1. The van der Waals surface area contributed by atoms with E-state index < -0.39 is 24.4 Å². The van der Waals surface area contributed by atoms with Gasteiger partial charge in [0.2, 0.25) is 0 Å². The zero-order valence-electron chi connectivity index (χ0n) is 13.2. The Balaban J connectivity index is 1.94. The van der Waals surface area contributed by atoms with E-state index in [2.05, 4.69) is 0 Å². The summed E-state index contributed by atoms with van der Waals surface area (Å²) in [4.78, 5) is 23.8. The van der Waals surface area contributed by atoms with Crippen molar-refractivity contribution in [1.29, 1.82) is 0 Å². The second-order valence-corrected chi connectivity index (χ2v) is 7.43. The predicted octanol–water partition coefficient (Wildman–Crippen LogP) is 1.57. The van der Waals surface area contributed by atoms with Crippen LogP contribution in [0.25, 0.3) is 11.1 Å². The first kappa shape index (κ1) is 15.3. The highest BCUT2D eigenvalue weighted by atomic mass is 32.1. The summed E-state index contributed by atoms with van der Waals surface area (Å²) in [5.41, 5.74) is 2.70. The summed E-state index contributed by atoms with van der Waals surface area (Å²) in [6.07, 6.45) is 0. The molecule has 0 atom stereocenters. The quantitative estimate of drug-likeness (QED) is 0.774. The van der Waals surface area contributed by atoms with Crippen LogP contribution in [-0.2, 0) is 18.9 Å². The maximum Gasteiger partial charge on any atom is 0.617 e. The molecule has 0 radical (unpaired) electrons. The summed E-state index contributed by atoms with van der Waals surface area (Å²) in [5.74, 6) is -1.50. The lowest BCUT2D eigenvalue weighted by Gasteiger charge is -2.40. The number of benzene rings is 1. The van der Waals surface area contributed by atoms with Crippen LogP contribution in [0.1, 0.15) is 5.56 Å². The fourth-order valence-corrected chi connectivity index (χ4v) is 4.41. The van der Waals surface area contributed by atoms with Crippen LogP contribution in [-0.4, -0.2) is 43.2 Å². The van der Waals surface area contributed by atoms with Crippen LogP contribution in [0.5, 0.6) is 0 Å². The highest BCUT2D eigenvalue weighted by Crippen LogP contribution is 2.35. The minimum absolute atomic E-state index is 0.00710. The lowest BCUT2D eigenvalue weighted by Crippen LogP contribution is -2.68. The van der Waals surface area contributed by atoms with E-state index in [4.69, 9.17) is 9.31 Å². The molecule has 2 fully saturated rings. The van der Waals surface area contributed by atoms with E-state index in [0.29, 0.717) is 0 Å². The molecule has 0 N–H and O–H groups in total. The molecule has 24 heavy (non-hydrogen) atoms. The third kappa shape index (κ3) is 1.96. The van der Waals surface area contributed by atoms with E-state index >= 15 is 0 Å². The molecule has 2 saturated heterocycles. The number of likely N-dealkylation sites (N-methyl/N-ethyl adjacent to an activating group) is 1. The third-order valence-corrected chi connectivity index (χ3v) is 5.64. The Morgan fingerprint density at radius 2 is 1.88 bits per heavy atom. The maximum atomic E-state index is 14.8. The van der Waals surface area contributed by atoms with Crippen molar-refractivity contribution >= 4 is 35.4 Å². The molecule has 2 aromatic rings. The second kappa shape index (κ2) is 4.91. The largest absolute Gasteiger partial charge is 0.617 e. The summed E-state index contributed by atoms with van der Waals surface area (Å²) < 4.78 is 25.6. The molecule has 2 aliphatic heterocycles. The molecule has 4 rings (SSSR count). The van der Waals surface area contributed by atoms with Crippen LogP contribution in [0.3, 0.4) is 0 Å². The van der Waals surface area contributed by atoms with Gasteiger partial charge in [-0.3, -0.25) is 9.59 Å². The van der Waals surface area contributed by atoms with Gasteiger partial charge < -0.3 is 13.7 Å². The molecule has 5 nitrogen and oxygen atoms in total. The second-order valence-electron chi connectivity index (χ2n) is 6.65. The van der Waals surface area contributed by atoms with Crippen molar-refractivity contribution in [2.45, 2.75) is 6.92 Å². The lowest BCUT2D eigenvalue weighted by atomic mass is 9.60. The fourth-order valence-electron chi connectivity index (χ4n) is 3.76. The van der Waals surface area contributed by atoms with Crippen LogP contribution in [0.15, 0.2) is 29.0 Å². The van der Waals surface area contributed by atoms with Crippen molar-refractivity contribution in [2.24, 2.45) is 0 Å². The van der Waals surface area contributed by atoms with Crippen LogP contribution in [0.2, 0.25) is 0 Å². The molecule has 1 aromatic heterocycles. The number of hydrogen-bond donors (Lipinski definition) is 0. The van der Waals surface area contributed by atoms with Gasteiger partial charge in [0.1, 0.15) is 18.9 Å². The van der Waals surface area contributed by atoms with Gasteiger partial charge >= 0.3 is 18.6 Å². The monoisotopic (exact) mass is 347 g/mol. The molecule has 8 heteroatoms. The van der Waals surface area contributed by atoms with E-state index in [1.165, 1.54) is 17.4 Å². The molecular formula is C16H15BFNO4S. The molecule has 0 bridgehead atoms. The molecule has 0 saturated carbocycles. The van der Waals surface area contributed by atoms with E-state index in [9.17, 15) is 14.0 Å². The Morgan fingerprint density at radius 3 is 2.46 bits per heavy atom. The van der Waals surface area contributed by atoms with Crippen LogP contribution < -0.4 is 5.46 Å². The predicted molar refractivity (Wildman–Crippen MR) is 87.9 cm³/mol. The first-order valence-corrected chi connectivity index (χ1v) is 8.54. The van der Waals surface area contributed by atoms with Gasteiger partial charge in [-0.05, 0) is 52.0 Å². The molecule has 0 unspecified atom stereocenters. The Hall–Kier alpha value is -2.19. The summed E-state index contributed by atoms with van der Waals surface area (Å²) in [6.45, 7) is -0.758. The van der Waals surface area contributed by atoms with Gasteiger partial charge in [-0.1, -0.05) is 6.07 Å². The number of halogens is 1. The van der Waals surface area contributed by atoms with Crippen LogP contribution in [0, 0.1) is 12.7 Å². The third-order valence-electron chi connectivity index (χ3n) is 4.95. The number of aryl methyl sites for hydroxylation is 1. The van der Waals surface area contributed by atoms with Gasteiger partial charge in [-0.2, -0.15) is 11.3 Å². The average Bonchev–Trinajstić information content (AvgIpc) is 3.11. The highest BCUT2D eigenvalue weighted by molar-refractivity contribution is 7.08.